The second kappa shape index (κ2) is 9.67. The number of aliphatic hydroxyl groups excluding tert-OH is 1. The minimum Gasteiger partial charge on any atom is -0.491 e. The fraction of sp³-hybridized carbons (Fsp3) is 0.231. The summed E-state index contributed by atoms with van der Waals surface area (Å²) in [5.74, 6) is -2.05. The van der Waals surface area contributed by atoms with E-state index in [0.717, 1.165) is 0 Å². The van der Waals surface area contributed by atoms with E-state index in [0.29, 0.717) is 26.9 Å². The van der Waals surface area contributed by atoms with E-state index in [2.05, 4.69) is 26.6 Å². The number of carbonyl (C=O) groups is 2. The molecule has 3 N–H and O–H groups in total. The largest absolute Gasteiger partial charge is 0.491 e. The second-order valence-corrected chi connectivity index (χ2v) is 10.4. The summed E-state index contributed by atoms with van der Waals surface area (Å²) in [6.07, 6.45) is -0.0330. The van der Waals surface area contributed by atoms with Gasteiger partial charge in [0, 0.05) is 28.1 Å². The van der Waals surface area contributed by atoms with Gasteiger partial charge in [0.2, 0.25) is 11.8 Å². The molecule has 3 atom stereocenters. The van der Waals surface area contributed by atoms with Crippen molar-refractivity contribution < 1.29 is 23.8 Å². The Morgan fingerprint density at radius 1 is 1.11 bits per heavy atom. The maximum absolute atomic E-state index is 15.9. The number of hydrogen-bond donors (Lipinski definition) is 3. The monoisotopic (exact) mass is 592 g/mol. The fourth-order valence-corrected chi connectivity index (χ4v) is 6.06. The van der Waals surface area contributed by atoms with E-state index >= 15 is 4.39 Å². The lowest BCUT2D eigenvalue weighted by molar-refractivity contribution is -0.131. The summed E-state index contributed by atoms with van der Waals surface area (Å²) in [5.41, 5.74) is 0.245. The first kappa shape index (κ1) is 25.0. The number of halogens is 4. The van der Waals surface area contributed by atoms with Crippen LogP contribution in [0.2, 0.25) is 10.0 Å². The number of amides is 2. The summed E-state index contributed by atoms with van der Waals surface area (Å²) >= 11 is 15.8. The summed E-state index contributed by atoms with van der Waals surface area (Å²) in [6, 6.07) is 13.8. The zero-order chi connectivity index (χ0) is 25.6. The Morgan fingerprint density at radius 2 is 1.89 bits per heavy atom. The van der Waals surface area contributed by atoms with Gasteiger partial charge in [0.05, 0.1) is 22.7 Å². The number of ether oxygens (including phenoxy) is 1. The van der Waals surface area contributed by atoms with Crippen LogP contribution in [0.25, 0.3) is 0 Å². The number of piperidine rings is 1. The number of benzene rings is 3. The number of fused-ring (bicyclic) bond motifs is 2. The second-order valence-electron chi connectivity index (χ2n) is 8.67. The van der Waals surface area contributed by atoms with Gasteiger partial charge in [-0.2, -0.15) is 0 Å². The van der Waals surface area contributed by atoms with Crippen molar-refractivity contribution in [1.29, 1.82) is 0 Å². The summed E-state index contributed by atoms with van der Waals surface area (Å²) in [7, 11) is 0. The van der Waals surface area contributed by atoms with Crippen molar-refractivity contribution in [3.8, 4) is 5.75 Å². The highest BCUT2D eigenvalue weighted by molar-refractivity contribution is 9.10. The van der Waals surface area contributed by atoms with Crippen molar-refractivity contribution in [2.75, 3.05) is 18.5 Å². The fourth-order valence-electron chi connectivity index (χ4n) is 5.35. The Bertz CT molecular complexity index is 1390. The molecule has 0 aliphatic carbocycles. The molecule has 3 aromatic rings. The lowest BCUT2D eigenvalue weighted by atomic mass is 9.59. The summed E-state index contributed by atoms with van der Waals surface area (Å²) < 4.78 is 21.7. The van der Waals surface area contributed by atoms with E-state index in [1.54, 1.807) is 42.5 Å². The maximum atomic E-state index is 15.9. The van der Waals surface area contributed by atoms with E-state index in [1.165, 1.54) is 12.1 Å². The van der Waals surface area contributed by atoms with E-state index in [9.17, 15) is 14.7 Å². The van der Waals surface area contributed by atoms with Crippen LogP contribution in [0, 0.1) is 5.82 Å². The van der Waals surface area contributed by atoms with Crippen LogP contribution in [-0.2, 0) is 15.0 Å². The first-order chi connectivity index (χ1) is 17.3. The van der Waals surface area contributed by atoms with Crippen molar-refractivity contribution in [2.45, 2.75) is 23.8 Å². The van der Waals surface area contributed by atoms with Crippen molar-refractivity contribution in [3.05, 3.63) is 91.6 Å². The Hall–Kier alpha value is -2.65. The number of carbonyl (C=O) groups excluding carboxylic acids is 2. The van der Waals surface area contributed by atoms with Gasteiger partial charge in [-0.1, -0.05) is 41.4 Å². The topological polar surface area (TPSA) is 87.7 Å². The number of aliphatic hydroxyl groups is 1. The van der Waals surface area contributed by atoms with Gasteiger partial charge in [0.25, 0.3) is 0 Å². The molecule has 3 unspecified atom stereocenters. The molecule has 0 aromatic heterocycles. The zero-order valence-corrected chi connectivity index (χ0v) is 21.8. The van der Waals surface area contributed by atoms with Crippen LogP contribution in [0.1, 0.15) is 35.1 Å². The quantitative estimate of drug-likeness (QED) is 0.364. The van der Waals surface area contributed by atoms with Crippen LogP contribution in [0.3, 0.4) is 0 Å². The Morgan fingerprint density at radius 3 is 2.64 bits per heavy atom. The van der Waals surface area contributed by atoms with Crippen LogP contribution in [0.4, 0.5) is 10.1 Å². The number of anilines is 1. The Balaban J connectivity index is 1.83. The van der Waals surface area contributed by atoms with Crippen molar-refractivity contribution in [3.63, 3.8) is 0 Å². The van der Waals surface area contributed by atoms with E-state index in [4.69, 9.17) is 27.9 Å². The molecule has 1 fully saturated rings. The SMILES string of the molecule is O=C1CC(c2cccc(Cl)c2)C2(C(=O)Nc3cc(Cl)ccc32)C(c2c(OCCO)ccc(Br)c2F)N1. The summed E-state index contributed by atoms with van der Waals surface area (Å²) in [6.45, 7) is -0.399. The smallest absolute Gasteiger partial charge is 0.238 e. The first-order valence-electron chi connectivity index (χ1n) is 11.1. The van der Waals surface area contributed by atoms with Crippen LogP contribution in [-0.4, -0.2) is 30.1 Å². The van der Waals surface area contributed by atoms with Gasteiger partial charge < -0.3 is 20.5 Å². The Kier molecular flexibility index (Phi) is 6.72. The lowest BCUT2D eigenvalue weighted by Gasteiger charge is -2.46. The third kappa shape index (κ3) is 3.96. The molecular weight excluding hydrogens is 574 g/mol. The predicted molar refractivity (Wildman–Crippen MR) is 138 cm³/mol. The molecule has 3 aromatic carbocycles. The third-order valence-electron chi connectivity index (χ3n) is 6.73. The standard InChI is InChI=1S/C26H20BrCl2FN2O4/c27-18-6-7-20(36-9-8-33)22(23(18)30)24-26(16-5-4-15(29)11-19(16)31-25(26)35)17(12-21(34)32-24)13-2-1-3-14(28)10-13/h1-7,10-11,17,24,33H,8-9,12H2,(H,31,35)(H,32,34). The Labute approximate surface area is 224 Å². The van der Waals surface area contributed by atoms with Gasteiger partial charge >= 0.3 is 0 Å². The molecule has 0 radical (unpaired) electrons. The molecule has 1 saturated heterocycles. The molecule has 186 valence electrons. The van der Waals surface area contributed by atoms with Gasteiger partial charge in [-0.3, -0.25) is 9.59 Å². The molecule has 2 amide bonds. The minimum absolute atomic E-state index is 0.00384. The first-order valence-corrected chi connectivity index (χ1v) is 12.7. The maximum Gasteiger partial charge on any atom is 0.238 e. The molecule has 36 heavy (non-hydrogen) atoms. The molecule has 2 aliphatic rings. The molecule has 0 bridgehead atoms. The number of nitrogens with one attached hydrogen (secondary N) is 2. The van der Waals surface area contributed by atoms with Crippen LogP contribution in [0.15, 0.2) is 59.1 Å². The third-order valence-corrected chi connectivity index (χ3v) is 7.81. The number of hydrogen-bond acceptors (Lipinski definition) is 4. The molecule has 2 heterocycles. The van der Waals surface area contributed by atoms with Gasteiger partial charge in [0.1, 0.15) is 23.6 Å². The molecule has 0 saturated carbocycles. The van der Waals surface area contributed by atoms with Crippen LogP contribution < -0.4 is 15.4 Å². The summed E-state index contributed by atoms with van der Waals surface area (Å²) in [4.78, 5) is 27.2. The van der Waals surface area contributed by atoms with Gasteiger partial charge in [-0.15, -0.1) is 0 Å². The molecule has 2 aliphatic heterocycles. The average molecular weight is 594 g/mol. The van der Waals surface area contributed by atoms with Crippen molar-refractivity contribution >= 4 is 56.6 Å². The highest BCUT2D eigenvalue weighted by Gasteiger charge is 2.62. The molecule has 1 spiro atoms. The average Bonchev–Trinajstić information content (AvgIpc) is 3.12. The van der Waals surface area contributed by atoms with Crippen LogP contribution in [0.5, 0.6) is 5.75 Å². The molecule has 10 heteroatoms. The van der Waals surface area contributed by atoms with E-state index < -0.39 is 29.1 Å². The highest BCUT2D eigenvalue weighted by Crippen LogP contribution is 2.59. The zero-order valence-electron chi connectivity index (χ0n) is 18.7. The summed E-state index contributed by atoms with van der Waals surface area (Å²) in [5, 5.41) is 16.0. The molecular formula is C26H20BrCl2FN2O4. The van der Waals surface area contributed by atoms with Crippen LogP contribution >= 0.6 is 39.1 Å². The number of rotatable bonds is 5. The van der Waals surface area contributed by atoms with Crippen molar-refractivity contribution in [2.24, 2.45) is 0 Å². The molecule has 6 nitrogen and oxygen atoms in total. The van der Waals surface area contributed by atoms with Crippen molar-refractivity contribution in [1.82, 2.24) is 5.32 Å². The van der Waals surface area contributed by atoms with Gasteiger partial charge in [-0.25, -0.2) is 4.39 Å². The predicted octanol–water partition coefficient (Wildman–Crippen LogP) is 5.50. The van der Waals surface area contributed by atoms with E-state index in [-0.39, 0.29) is 41.3 Å². The normalized spacial score (nSPS) is 22.8. The highest BCUT2D eigenvalue weighted by atomic mass is 79.9. The molecule has 5 rings (SSSR count). The minimum atomic E-state index is -1.46. The lowest BCUT2D eigenvalue weighted by Crippen LogP contribution is -2.57. The van der Waals surface area contributed by atoms with Gasteiger partial charge in [-0.05, 0) is 63.5 Å². The van der Waals surface area contributed by atoms with Gasteiger partial charge in [0.15, 0.2) is 0 Å². The van der Waals surface area contributed by atoms with E-state index in [1.807, 2.05) is 0 Å².